The zero-order chi connectivity index (χ0) is 18.5. The maximum atomic E-state index is 12.6. The quantitative estimate of drug-likeness (QED) is 0.752. The summed E-state index contributed by atoms with van der Waals surface area (Å²) in [5, 5.41) is 6.08. The maximum absolute atomic E-state index is 12.6. The second kappa shape index (κ2) is 8.67. The number of hydrogen-bond donors (Lipinski definition) is 3. The largest absolute Gasteiger partial charge is 0.349 e. The molecule has 1 aromatic rings. The van der Waals surface area contributed by atoms with Crippen LogP contribution in [0.25, 0.3) is 0 Å². The number of hydrogen-bond acceptors (Lipinski definition) is 2. The van der Waals surface area contributed by atoms with Crippen LogP contribution in [0.3, 0.4) is 0 Å². The van der Waals surface area contributed by atoms with Crippen molar-refractivity contribution in [2.24, 2.45) is 11.8 Å². The number of benzene rings is 1. The minimum Gasteiger partial charge on any atom is -0.349 e. The Morgan fingerprint density at radius 1 is 1.08 bits per heavy atom. The van der Waals surface area contributed by atoms with Crippen LogP contribution in [0.4, 0.5) is 5.69 Å². The van der Waals surface area contributed by atoms with Crippen LogP contribution in [0.2, 0.25) is 0 Å². The van der Waals surface area contributed by atoms with Crippen molar-refractivity contribution in [1.82, 2.24) is 5.32 Å². The van der Waals surface area contributed by atoms with Crippen molar-refractivity contribution in [3.8, 4) is 0 Å². The third kappa shape index (κ3) is 5.07. The van der Waals surface area contributed by atoms with E-state index in [0.29, 0.717) is 29.6 Å². The van der Waals surface area contributed by atoms with Gasteiger partial charge in [-0.15, -0.1) is 0 Å². The molecule has 2 aliphatic rings. The standard InChI is InChI=1S/C21H31N3O2/c1-15-11-16(2)13-24(12-15)14-20(25)23-19-10-6-5-9-18(19)21(26)22-17-7-3-4-8-17/h5-6,9-10,15-17H,3-4,7-8,11-14H2,1-2H3,(H,22,26)(H,23,25)/p+1/t15-,16+. The van der Waals surface area contributed by atoms with E-state index in [1.54, 1.807) is 6.07 Å². The highest BCUT2D eigenvalue weighted by molar-refractivity contribution is 6.04. The first-order chi connectivity index (χ1) is 12.5. The highest BCUT2D eigenvalue weighted by Gasteiger charge is 2.27. The summed E-state index contributed by atoms with van der Waals surface area (Å²) in [5.41, 5.74) is 1.17. The van der Waals surface area contributed by atoms with E-state index in [0.717, 1.165) is 25.9 Å². The summed E-state index contributed by atoms with van der Waals surface area (Å²) in [6.45, 7) is 7.07. The molecule has 1 aromatic carbocycles. The fraction of sp³-hybridized carbons (Fsp3) is 0.619. The van der Waals surface area contributed by atoms with Gasteiger partial charge < -0.3 is 15.5 Å². The Balaban J connectivity index is 1.60. The summed E-state index contributed by atoms with van der Waals surface area (Å²) in [4.78, 5) is 26.5. The summed E-state index contributed by atoms with van der Waals surface area (Å²) in [7, 11) is 0. The van der Waals surface area contributed by atoms with E-state index in [4.69, 9.17) is 0 Å². The van der Waals surface area contributed by atoms with Gasteiger partial charge in [0.25, 0.3) is 11.8 Å². The Kier molecular flexibility index (Phi) is 6.30. The molecule has 5 nitrogen and oxygen atoms in total. The lowest BCUT2D eigenvalue weighted by atomic mass is 9.92. The lowest BCUT2D eigenvalue weighted by Crippen LogP contribution is -3.15. The molecule has 1 saturated heterocycles. The second-order valence-electron chi connectivity index (χ2n) is 8.33. The monoisotopic (exact) mass is 358 g/mol. The predicted octanol–water partition coefficient (Wildman–Crippen LogP) is 1.86. The number of amides is 2. The zero-order valence-corrected chi connectivity index (χ0v) is 16.0. The highest BCUT2D eigenvalue weighted by atomic mass is 16.2. The molecule has 0 spiro atoms. The molecule has 3 N–H and O–H groups in total. The number of likely N-dealkylation sites (tertiary alicyclic amines) is 1. The molecule has 142 valence electrons. The SMILES string of the molecule is C[C@@H]1C[C@H](C)C[NH+](CC(=O)Nc2ccccc2C(=O)NC2CCCC2)C1. The van der Waals surface area contributed by atoms with Crippen LogP contribution >= 0.6 is 0 Å². The van der Waals surface area contributed by atoms with Crippen LogP contribution in [0.15, 0.2) is 24.3 Å². The fourth-order valence-corrected chi connectivity index (χ4v) is 4.61. The first-order valence-corrected chi connectivity index (χ1v) is 10.0. The smallest absolute Gasteiger partial charge is 0.279 e. The molecule has 0 radical (unpaired) electrons. The molecular weight excluding hydrogens is 326 g/mol. The summed E-state index contributed by atoms with van der Waals surface area (Å²) < 4.78 is 0. The molecule has 3 rings (SSSR count). The van der Waals surface area contributed by atoms with Gasteiger partial charge in [0.2, 0.25) is 0 Å². The maximum Gasteiger partial charge on any atom is 0.279 e. The fourth-order valence-electron chi connectivity index (χ4n) is 4.61. The molecule has 1 aliphatic carbocycles. The first-order valence-electron chi connectivity index (χ1n) is 10.0. The van der Waals surface area contributed by atoms with Crippen LogP contribution < -0.4 is 15.5 Å². The Labute approximate surface area is 156 Å². The minimum atomic E-state index is -0.0830. The van der Waals surface area contributed by atoms with Crippen LogP contribution in [-0.4, -0.2) is 37.5 Å². The number of piperidine rings is 1. The first kappa shape index (κ1) is 18.9. The molecule has 2 amide bonds. The number of quaternary nitrogens is 1. The van der Waals surface area contributed by atoms with Crippen LogP contribution in [0.5, 0.6) is 0 Å². The van der Waals surface area contributed by atoms with E-state index < -0.39 is 0 Å². The Morgan fingerprint density at radius 3 is 2.42 bits per heavy atom. The molecular formula is C21H32N3O2+. The number of rotatable bonds is 5. The Morgan fingerprint density at radius 2 is 1.73 bits per heavy atom. The van der Waals surface area contributed by atoms with Crippen LogP contribution in [0, 0.1) is 11.8 Å². The van der Waals surface area contributed by atoms with Crippen molar-refractivity contribution >= 4 is 17.5 Å². The van der Waals surface area contributed by atoms with E-state index in [1.165, 1.54) is 24.2 Å². The third-order valence-corrected chi connectivity index (χ3v) is 5.63. The van der Waals surface area contributed by atoms with E-state index in [2.05, 4.69) is 24.5 Å². The topological polar surface area (TPSA) is 62.6 Å². The number of carbonyl (C=O) groups excluding carboxylic acids is 2. The van der Waals surface area contributed by atoms with Crippen LogP contribution in [0.1, 0.15) is 56.3 Å². The summed E-state index contributed by atoms with van der Waals surface area (Å²) in [6, 6.07) is 7.58. The van der Waals surface area contributed by atoms with Gasteiger partial charge in [-0.1, -0.05) is 38.8 Å². The average molecular weight is 359 g/mol. The molecule has 1 saturated carbocycles. The van der Waals surface area contributed by atoms with Gasteiger partial charge >= 0.3 is 0 Å². The van der Waals surface area contributed by atoms with Crippen molar-refractivity contribution in [1.29, 1.82) is 0 Å². The number of carbonyl (C=O) groups is 2. The molecule has 0 bridgehead atoms. The van der Waals surface area contributed by atoms with Gasteiger partial charge in [0, 0.05) is 17.9 Å². The Hall–Kier alpha value is -1.88. The molecule has 5 heteroatoms. The van der Waals surface area contributed by atoms with E-state index in [9.17, 15) is 9.59 Å². The summed E-state index contributed by atoms with van der Waals surface area (Å²) in [6.07, 6.45) is 5.71. The van der Waals surface area contributed by atoms with Crippen LogP contribution in [-0.2, 0) is 4.79 Å². The Bertz CT molecular complexity index is 630. The second-order valence-corrected chi connectivity index (χ2v) is 8.33. The van der Waals surface area contributed by atoms with Gasteiger partial charge in [-0.25, -0.2) is 0 Å². The summed E-state index contributed by atoms with van der Waals surface area (Å²) >= 11 is 0. The molecule has 3 atom stereocenters. The average Bonchev–Trinajstić information content (AvgIpc) is 3.07. The molecule has 1 heterocycles. The summed E-state index contributed by atoms with van der Waals surface area (Å²) in [5.74, 6) is 1.22. The van der Waals surface area contributed by atoms with Gasteiger partial charge in [-0.3, -0.25) is 9.59 Å². The van der Waals surface area contributed by atoms with Crippen molar-refractivity contribution < 1.29 is 14.5 Å². The third-order valence-electron chi connectivity index (χ3n) is 5.63. The van der Waals surface area contributed by atoms with Crippen molar-refractivity contribution in [3.05, 3.63) is 29.8 Å². The van der Waals surface area contributed by atoms with E-state index in [1.807, 2.05) is 18.2 Å². The lowest BCUT2D eigenvalue weighted by Gasteiger charge is -2.31. The van der Waals surface area contributed by atoms with Gasteiger partial charge in [-0.2, -0.15) is 0 Å². The number of nitrogens with one attached hydrogen (secondary N) is 3. The molecule has 1 aliphatic heterocycles. The molecule has 26 heavy (non-hydrogen) atoms. The zero-order valence-electron chi connectivity index (χ0n) is 16.0. The van der Waals surface area contributed by atoms with E-state index >= 15 is 0 Å². The molecule has 1 unspecified atom stereocenters. The normalized spacial score (nSPS) is 26.5. The number of para-hydroxylation sites is 1. The van der Waals surface area contributed by atoms with Gasteiger partial charge in [0.1, 0.15) is 0 Å². The number of anilines is 1. The van der Waals surface area contributed by atoms with Gasteiger partial charge in [-0.05, 0) is 31.4 Å². The molecule has 2 fully saturated rings. The van der Waals surface area contributed by atoms with Gasteiger partial charge in [0.15, 0.2) is 6.54 Å². The van der Waals surface area contributed by atoms with Crippen molar-refractivity contribution in [2.45, 2.75) is 52.0 Å². The van der Waals surface area contributed by atoms with Gasteiger partial charge in [0.05, 0.1) is 24.3 Å². The highest BCUT2D eigenvalue weighted by Crippen LogP contribution is 2.20. The predicted molar refractivity (Wildman–Crippen MR) is 103 cm³/mol. The molecule has 0 aromatic heterocycles. The minimum absolute atomic E-state index is 0.0117. The van der Waals surface area contributed by atoms with E-state index in [-0.39, 0.29) is 17.9 Å². The van der Waals surface area contributed by atoms with Crippen molar-refractivity contribution in [3.63, 3.8) is 0 Å². The van der Waals surface area contributed by atoms with Crippen molar-refractivity contribution in [2.75, 3.05) is 25.0 Å². The lowest BCUT2D eigenvalue weighted by molar-refractivity contribution is -0.904.